The zero-order valence-corrected chi connectivity index (χ0v) is 25.1. The molecule has 2 amide bonds. The highest BCUT2D eigenvalue weighted by Crippen LogP contribution is 2.43. The lowest BCUT2D eigenvalue weighted by molar-refractivity contribution is 0.0510. The minimum Gasteiger partial charge on any atom is -0.507 e. The monoisotopic (exact) mass is 581 g/mol. The van der Waals surface area contributed by atoms with Gasteiger partial charge >= 0.3 is 0 Å². The van der Waals surface area contributed by atoms with Gasteiger partial charge in [0.05, 0.1) is 16.8 Å². The van der Waals surface area contributed by atoms with Crippen LogP contribution in [-0.2, 0) is 12.0 Å². The van der Waals surface area contributed by atoms with Crippen LogP contribution >= 0.6 is 0 Å². The molecule has 4 aromatic carbocycles. The maximum absolute atomic E-state index is 14.2. The predicted octanol–water partition coefficient (Wildman–Crippen LogP) is 7.05. The molecule has 1 aromatic heterocycles. The number of likely N-dealkylation sites (tertiary alicyclic amines) is 1. The third-order valence-corrected chi connectivity index (χ3v) is 9.49. The highest BCUT2D eigenvalue weighted by molar-refractivity contribution is 6.07. The van der Waals surface area contributed by atoms with Gasteiger partial charge in [-0.3, -0.25) is 9.59 Å². The van der Waals surface area contributed by atoms with Gasteiger partial charge in [0.1, 0.15) is 5.75 Å². The number of hydrogen-bond acceptors (Lipinski definition) is 4. The predicted molar refractivity (Wildman–Crippen MR) is 173 cm³/mol. The van der Waals surface area contributed by atoms with E-state index in [4.69, 9.17) is 4.98 Å². The summed E-state index contributed by atoms with van der Waals surface area (Å²) < 4.78 is 0. The van der Waals surface area contributed by atoms with Gasteiger partial charge in [-0.2, -0.15) is 0 Å². The second-order valence-corrected chi connectivity index (χ2v) is 12.3. The normalized spacial score (nSPS) is 15.8. The van der Waals surface area contributed by atoms with Crippen molar-refractivity contribution in [3.8, 4) is 17.0 Å². The second-order valence-electron chi connectivity index (χ2n) is 12.3. The molecular weight excluding hydrogens is 546 g/mol. The van der Waals surface area contributed by atoms with Gasteiger partial charge in [-0.05, 0) is 73.2 Å². The number of hydrogen-bond donors (Lipinski definition) is 1. The summed E-state index contributed by atoms with van der Waals surface area (Å²) >= 11 is 0. The van der Waals surface area contributed by atoms with Crippen LogP contribution in [0.5, 0.6) is 5.75 Å². The maximum Gasteiger partial charge on any atom is 0.254 e. The molecule has 7 rings (SSSR count). The zero-order valence-electron chi connectivity index (χ0n) is 25.1. The van der Waals surface area contributed by atoms with E-state index in [9.17, 15) is 14.7 Å². The minimum absolute atomic E-state index is 0.0164. The molecule has 220 valence electrons. The van der Waals surface area contributed by atoms with E-state index in [0.717, 1.165) is 40.6 Å². The number of nitrogens with zero attached hydrogens (tertiary/aromatic N) is 3. The number of phenolic OH excluding ortho intramolecular Hbond substituents is 1. The molecule has 5 aromatic rings. The quantitative estimate of drug-likeness (QED) is 0.248. The topological polar surface area (TPSA) is 73.7 Å². The second kappa shape index (κ2) is 10.9. The molecule has 0 aliphatic carbocycles. The first kappa shape index (κ1) is 27.8. The number of benzene rings is 4. The summed E-state index contributed by atoms with van der Waals surface area (Å²) in [6.45, 7) is 6.00. The number of pyridine rings is 1. The van der Waals surface area contributed by atoms with Crippen molar-refractivity contribution < 1.29 is 14.7 Å². The number of fused-ring (bicyclic) bond motifs is 3. The van der Waals surface area contributed by atoms with Gasteiger partial charge in [-0.15, -0.1) is 0 Å². The Kier molecular flexibility index (Phi) is 6.92. The van der Waals surface area contributed by atoms with Crippen LogP contribution in [0.1, 0.15) is 55.8 Å². The van der Waals surface area contributed by atoms with E-state index in [0.29, 0.717) is 48.4 Å². The first-order valence-electron chi connectivity index (χ1n) is 15.3. The van der Waals surface area contributed by atoms with E-state index in [1.165, 1.54) is 5.56 Å². The van der Waals surface area contributed by atoms with Gasteiger partial charge in [0.2, 0.25) is 0 Å². The lowest BCUT2D eigenvalue weighted by atomic mass is 9.68. The molecule has 0 bridgehead atoms. The number of aromatic hydroxyl groups is 1. The van der Waals surface area contributed by atoms with Crippen LogP contribution in [0.15, 0.2) is 97.1 Å². The molecule has 3 heterocycles. The fraction of sp³-hybridized carbons (Fsp3) is 0.237. The molecule has 1 fully saturated rings. The smallest absolute Gasteiger partial charge is 0.254 e. The summed E-state index contributed by atoms with van der Waals surface area (Å²) in [5.74, 6) is 0.222. The Labute approximate surface area is 257 Å². The highest BCUT2D eigenvalue weighted by Gasteiger charge is 2.44. The number of para-hydroxylation sites is 1. The van der Waals surface area contributed by atoms with Crippen molar-refractivity contribution in [2.75, 3.05) is 19.6 Å². The molecule has 0 radical (unpaired) electrons. The van der Waals surface area contributed by atoms with Crippen molar-refractivity contribution in [1.29, 1.82) is 0 Å². The molecule has 2 aliphatic heterocycles. The maximum atomic E-state index is 14.2. The van der Waals surface area contributed by atoms with Crippen molar-refractivity contribution in [1.82, 2.24) is 14.8 Å². The first-order valence-corrected chi connectivity index (χ1v) is 15.3. The van der Waals surface area contributed by atoms with Crippen LogP contribution in [0.25, 0.3) is 22.2 Å². The number of amides is 2. The largest absolute Gasteiger partial charge is 0.507 e. The molecule has 6 nitrogen and oxygen atoms in total. The number of phenols is 1. The molecule has 44 heavy (non-hydrogen) atoms. The van der Waals surface area contributed by atoms with Gasteiger partial charge in [0, 0.05) is 48.1 Å². The van der Waals surface area contributed by atoms with E-state index < -0.39 is 0 Å². The Balaban J connectivity index is 1.18. The van der Waals surface area contributed by atoms with Gasteiger partial charge < -0.3 is 14.9 Å². The average molecular weight is 582 g/mol. The number of aryl methyl sites for hydroxylation is 2. The van der Waals surface area contributed by atoms with Crippen LogP contribution in [0.2, 0.25) is 0 Å². The Morgan fingerprint density at radius 2 is 1.43 bits per heavy atom. The molecule has 1 N–H and O–H groups in total. The van der Waals surface area contributed by atoms with Crippen LogP contribution in [0, 0.1) is 13.8 Å². The van der Waals surface area contributed by atoms with Crippen LogP contribution in [0.4, 0.5) is 0 Å². The minimum atomic E-state index is -0.238. The van der Waals surface area contributed by atoms with E-state index in [1.54, 1.807) is 12.1 Å². The van der Waals surface area contributed by atoms with Gasteiger partial charge in [0.25, 0.3) is 11.8 Å². The number of carbonyl (C=O) groups is 2. The van der Waals surface area contributed by atoms with Crippen LogP contribution in [0.3, 0.4) is 0 Å². The number of piperidine rings is 1. The van der Waals surface area contributed by atoms with Crippen molar-refractivity contribution in [2.45, 2.75) is 38.6 Å². The third kappa shape index (κ3) is 4.80. The molecule has 6 heteroatoms. The summed E-state index contributed by atoms with van der Waals surface area (Å²) in [5, 5.41) is 11.1. The van der Waals surface area contributed by atoms with E-state index >= 15 is 0 Å². The number of rotatable bonds is 3. The molecule has 2 aliphatic rings. The van der Waals surface area contributed by atoms with E-state index in [1.807, 2.05) is 90.4 Å². The molecular formula is C38H35N3O3. The van der Waals surface area contributed by atoms with Crippen LogP contribution in [-0.4, -0.2) is 51.3 Å². The zero-order chi connectivity index (χ0) is 30.4. The first-order chi connectivity index (χ1) is 21.3. The Hall–Kier alpha value is -4.97. The third-order valence-electron chi connectivity index (χ3n) is 9.49. The molecule has 0 saturated carbocycles. The number of carbonyl (C=O) groups excluding carboxylic acids is 2. The van der Waals surface area contributed by atoms with Gasteiger partial charge in [-0.25, -0.2) is 4.98 Å². The fourth-order valence-electron chi connectivity index (χ4n) is 7.14. The Bertz CT molecular complexity index is 1890. The summed E-state index contributed by atoms with van der Waals surface area (Å²) in [6.07, 6.45) is 1.53. The summed E-state index contributed by atoms with van der Waals surface area (Å²) in [5.41, 5.74) is 7.45. The van der Waals surface area contributed by atoms with Crippen molar-refractivity contribution in [3.63, 3.8) is 0 Å². The van der Waals surface area contributed by atoms with Crippen molar-refractivity contribution >= 4 is 22.7 Å². The molecule has 1 saturated heterocycles. The Morgan fingerprint density at radius 3 is 2.18 bits per heavy atom. The molecule has 1 spiro atoms. The standard InChI is InChI=1S/C38H35N3O3/c1-25-20-29(21-26(2)35(25)42)36(43)41-23-28-12-6-8-14-32(28)38(24-41)16-18-40(19-17-38)37(44)31-22-34(27-10-4-3-5-11-27)39-33-15-9-7-13-30(31)33/h3-15,20-22,42H,16-19,23-24H2,1-2H3. The fourth-order valence-corrected chi connectivity index (χ4v) is 7.14. The molecule has 0 unspecified atom stereocenters. The van der Waals surface area contributed by atoms with Gasteiger partial charge in [-0.1, -0.05) is 72.8 Å². The lowest BCUT2D eigenvalue weighted by Gasteiger charge is -2.48. The Morgan fingerprint density at radius 1 is 0.773 bits per heavy atom. The van der Waals surface area contributed by atoms with Crippen LogP contribution < -0.4 is 0 Å². The van der Waals surface area contributed by atoms with E-state index in [-0.39, 0.29) is 23.0 Å². The SMILES string of the molecule is Cc1cc(C(=O)N2Cc3ccccc3C3(CCN(C(=O)c4cc(-c5ccccc5)nc5ccccc45)CC3)C2)cc(C)c1O. The summed E-state index contributed by atoms with van der Waals surface area (Å²) in [4.78, 5) is 36.8. The van der Waals surface area contributed by atoms with Crippen molar-refractivity contribution in [2.24, 2.45) is 0 Å². The lowest BCUT2D eigenvalue weighted by Crippen LogP contribution is -2.54. The highest BCUT2D eigenvalue weighted by atomic mass is 16.3. The van der Waals surface area contributed by atoms with E-state index in [2.05, 4.69) is 18.2 Å². The molecule has 0 atom stereocenters. The average Bonchev–Trinajstić information content (AvgIpc) is 3.06. The summed E-state index contributed by atoms with van der Waals surface area (Å²) in [7, 11) is 0. The number of aromatic nitrogens is 1. The summed E-state index contributed by atoms with van der Waals surface area (Å²) in [6, 6.07) is 31.8. The van der Waals surface area contributed by atoms with Gasteiger partial charge in [0.15, 0.2) is 0 Å². The van der Waals surface area contributed by atoms with Crippen molar-refractivity contribution in [3.05, 3.63) is 130 Å².